The van der Waals surface area contributed by atoms with Gasteiger partial charge in [0.15, 0.2) is 0 Å². The Bertz CT molecular complexity index is 8270. The monoisotopic (exact) mass is 1560 g/mol. The average Bonchev–Trinajstić information content (AvgIpc) is 1.65. The molecule has 0 aromatic heterocycles. The minimum atomic E-state index is -0.110. The van der Waals surface area contributed by atoms with Crippen molar-refractivity contribution in [1.29, 1.82) is 0 Å². The topological polar surface area (TPSA) is 0 Å². The zero-order valence-corrected chi connectivity index (χ0v) is 69.8. The van der Waals surface area contributed by atoms with Crippen molar-refractivity contribution >= 4 is 97.0 Å². The summed E-state index contributed by atoms with van der Waals surface area (Å²) in [5, 5.41) is 22.7. The van der Waals surface area contributed by atoms with Crippen LogP contribution in [0.4, 0.5) is 0 Å². The van der Waals surface area contributed by atoms with Gasteiger partial charge in [-0.15, -0.1) is 0 Å². The third-order valence-electron chi connectivity index (χ3n) is 28.3. The van der Waals surface area contributed by atoms with Crippen LogP contribution in [0.1, 0.15) is 74.9 Å². The summed E-state index contributed by atoms with van der Waals surface area (Å²) in [5.74, 6) is 0. The molecule has 0 nitrogen and oxygen atoms in total. The highest BCUT2D eigenvalue weighted by atomic mass is 14.4. The Balaban J connectivity index is 0.000000139. The van der Waals surface area contributed by atoms with Crippen molar-refractivity contribution in [3.63, 3.8) is 0 Å². The van der Waals surface area contributed by atoms with Gasteiger partial charge in [-0.05, 0) is 289 Å². The van der Waals surface area contributed by atoms with Gasteiger partial charge in [-0.1, -0.05) is 418 Å². The van der Waals surface area contributed by atoms with Crippen molar-refractivity contribution in [1.82, 2.24) is 0 Å². The normalized spacial score (nSPS) is 13.6. The number of hydrogen-bond acceptors (Lipinski definition) is 0. The highest BCUT2D eigenvalue weighted by molar-refractivity contribution is 6.27. The maximum absolute atomic E-state index is 2.50. The van der Waals surface area contributed by atoms with E-state index in [4.69, 9.17) is 0 Å². The van der Waals surface area contributed by atoms with Gasteiger partial charge in [0.05, 0.1) is 0 Å². The van der Waals surface area contributed by atoms with Gasteiger partial charge in [-0.3, -0.25) is 0 Å². The molecular formula is C123H86. The highest BCUT2D eigenvalue weighted by Crippen LogP contribution is 2.57. The first-order chi connectivity index (χ1) is 60.3. The standard InChI is InChI=1S/C64H46.C59H40/c1-63(2)57-26-13-11-21-48(57)50-31-28-41(37-59(50)63)45-34-35-54(47-20-8-7-19-46(45)47)62-53-24-10-9-23-52(53)61(42-30-32-51-49-22-12-14-27-58(49)64(3,4)60(51)38-42)56-36-40(29-33-55(56)62)44-25-15-17-39-16-5-6-18-43(39)44;1-59(2)55-25-12-11-21-48(55)49-30-29-42(36-56(49)59)57-50-22-9-10-23-51(50)58(53-31-28-41(35-54(53)57)44-24-13-17-38-15-5-6-18-43(38)44)52-33-32-45(46-19-7-8-20-47(46)52)40-27-26-37-14-3-4-16-39(37)34-40/h5-38H,1-4H3;3-36H,1-2H3. The molecule has 0 heterocycles. The van der Waals surface area contributed by atoms with E-state index in [1.54, 1.807) is 0 Å². The minimum Gasteiger partial charge on any atom is -0.0619 e. The largest absolute Gasteiger partial charge is 0.0619 e. The average molecular weight is 1560 g/mol. The number of hydrogen-bond donors (Lipinski definition) is 0. The van der Waals surface area contributed by atoms with Gasteiger partial charge in [0.25, 0.3) is 0 Å². The molecule has 22 aromatic carbocycles. The van der Waals surface area contributed by atoms with Crippen molar-refractivity contribution in [3.8, 4) is 122 Å². The van der Waals surface area contributed by atoms with Gasteiger partial charge in [-0.2, -0.15) is 0 Å². The predicted octanol–water partition coefficient (Wildman–Crippen LogP) is 34.0. The smallest absolute Gasteiger partial charge is 0.0159 e. The number of rotatable bonds is 8. The molecular weight excluding hydrogens is 1480 g/mol. The van der Waals surface area contributed by atoms with Crippen LogP contribution in [0.15, 0.2) is 413 Å². The van der Waals surface area contributed by atoms with Crippen LogP contribution in [0.25, 0.3) is 219 Å². The maximum atomic E-state index is 2.50. The summed E-state index contributed by atoms with van der Waals surface area (Å²) in [6.45, 7) is 14.3. The van der Waals surface area contributed by atoms with Crippen LogP contribution in [-0.2, 0) is 16.2 Å². The van der Waals surface area contributed by atoms with E-state index in [0.717, 1.165) is 0 Å². The summed E-state index contributed by atoms with van der Waals surface area (Å²) >= 11 is 0. The van der Waals surface area contributed by atoms with E-state index in [9.17, 15) is 0 Å². The summed E-state index contributed by atoms with van der Waals surface area (Å²) in [6, 6.07) is 155. The molecule has 0 heteroatoms. The molecule has 25 rings (SSSR count). The van der Waals surface area contributed by atoms with Crippen molar-refractivity contribution < 1.29 is 0 Å². The minimum absolute atomic E-state index is 0.0687. The zero-order chi connectivity index (χ0) is 82.1. The van der Waals surface area contributed by atoms with Crippen molar-refractivity contribution in [2.45, 2.75) is 57.8 Å². The van der Waals surface area contributed by atoms with E-state index in [-0.39, 0.29) is 16.2 Å². The summed E-state index contributed by atoms with van der Waals surface area (Å²) in [6.07, 6.45) is 0. The first-order valence-corrected chi connectivity index (χ1v) is 43.5. The van der Waals surface area contributed by atoms with Gasteiger partial charge in [0.1, 0.15) is 0 Å². The molecule has 0 atom stereocenters. The van der Waals surface area contributed by atoms with Crippen molar-refractivity contribution in [3.05, 3.63) is 446 Å². The Kier molecular flexibility index (Phi) is 16.2. The molecule has 123 heavy (non-hydrogen) atoms. The van der Waals surface area contributed by atoms with Crippen LogP contribution < -0.4 is 0 Å². The predicted molar refractivity (Wildman–Crippen MR) is 527 cm³/mol. The molecule has 0 saturated heterocycles. The lowest BCUT2D eigenvalue weighted by Gasteiger charge is -2.24. The molecule has 0 saturated carbocycles. The molecule has 3 aliphatic carbocycles. The molecule has 3 aliphatic rings. The van der Waals surface area contributed by atoms with Crippen LogP contribution in [0.3, 0.4) is 0 Å². The highest BCUT2D eigenvalue weighted by Gasteiger charge is 2.39. The molecule has 0 aliphatic heterocycles. The van der Waals surface area contributed by atoms with Crippen LogP contribution in [0.5, 0.6) is 0 Å². The quantitative estimate of drug-likeness (QED) is 0.133. The van der Waals surface area contributed by atoms with Gasteiger partial charge in [-0.25, -0.2) is 0 Å². The molecule has 0 radical (unpaired) electrons. The lowest BCUT2D eigenvalue weighted by Crippen LogP contribution is -2.14. The molecule has 0 spiro atoms. The molecule has 22 aromatic rings. The second-order valence-electron chi connectivity index (χ2n) is 35.9. The SMILES string of the molecule is CC1(C)c2ccccc2-c2ccc(-c3c4ccccc4c(-c4ccc(-c5ccc6ccccc6c5)c5ccccc45)c4ccc(-c5cccc6ccccc56)cc34)cc21.CC1(C)c2ccccc2-c2ccc(-c3ccc(-c4c5ccccc5c(-c5ccc6c(c5)C(C)(C)c5ccccc5-6)c5cc(-c6cccc7ccccc67)ccc45)c4ccccc34)cc21. The molecule has 0 N–H and O–H groups in total. The molecule has 0 fully saturated rings. The first-order valence-electron chi connectivity index (χ1n) is 43.5. The third-order valence-corrected chi connectivity index (χ3v) is 28.3. The maximum Gasteiger partial charge on any atom is 0.0159 e. The fourth-order valence-corrected chi connectivity index (χ4v) is 22.3. The Hall–Kier alpha value is -14.8. The van der Waals surface area contributed by atoms with E-state index in [0.29, 0.717) is 0 Å². The van der Waals surface area contributed by atoms with Crippen LogP contribution in [0, 0.1) is 0 Å². The fraction of sp³-hybridized carbons (Fsp3) is 0.0732. The van der Waals surface area contributed by atoms with Crippen LogP contribution >= 0.6 is 0 Å². The van der Waals surface area contributed by atoms with Crippen molar-refractivity contribution in [2.75, 3.05) is 0 Å². The lowest BCUT2D eigenvalue weighted by molar-refractivity contribution is 0.660. The van der Waals surface area contributed by atoms with Crippen molar-refractivity contribution in [2.24, 2.45) is 0 Å². The summed E-state index contributed by atoms with van der Waals surface area (Å²) in [4.78, 5) is 0. The fourth-order valence-electron chi connectivity index (χ4n) is 22.3. The summed E-state index contributed by atoms with van der Waals surface area (Å²) < 4.78 is 0. The van der Waals surface area contributed by atoms with E-state index >= 15 is 0 Å². The molecule has 0 unspecified atom stereocenters. The van der Waals surface area contributed by atoms with Gasteiger partial charge in [0.2, 0.25) is 0 Å². The number of benzene rings is 22. The summed E-state index contributed by atoms with van der Waals surface area (Å²) in [7, 11) is 0. The molecule has 578 valence electrons. The lowest BCUT2D eigenvalue weighted by atomic mass is 9.79. The molecule has 0 bridgehead atoms. The number of fused-ring (bicyclic) bond motifs is 18. The Morgan fingerprint density at radius 1 is 0.122 bits per heavy atom. The van der Waals surface area contributed by atoms with E-state index in [1.807, 2.05) is 0 Å². The van der Waals surface area contributed by atoms with Gasteiger partial charge >= 0.3 is 0 Å². The van der Waals surface area contributed by atoms with Gasteiger partial charge in [0, 0.05) is 16.2 Å². The zero-order valence-electron chi connectivity index (χ0n) is 69.8. The van der Waals surface area contributed by atoms with E-state index in [1.165, 1.54) is 253 Å². The Morgan fingerprint density at radius 2 is 0.366 bits per heavy atom. The second kappa shape index (κ2) is 27.6. The van der Waals surface area contributed by atoms with Crippen LogP contribution in [0.2, 0.25) is 0 Å². The summed E-state index contributed by atoms with van der Waals surface area (Å²) in [5.41, 5.74) is 36.3. The van der Waals surface area contributed by atoms with Gasteiger partial charge < -0.3 is 0 Å². The Labute approximate surface area is 718 Å². The molecule has 0 amide bonds. The van der Waals surface area contributed by atoms with E-state index in [2.05, 4.69) is 454 Å². The first kappa shape index (κ1) is 72.2. The van der Waals surface area contributed by atoms with Crippen LogP contribution in [-0.4, -0.2) is 0 Å². The second-order valence-corrected chi connectivity index (χ2v) is 35.9. The Morgan fingerprint density at radius 3 is 0.789 bits per heavy atom. The van der Waals surface area contributed by atoms with E-state index < -0.39 is 0 Å². The third kappa shape index (κ3) is 11.1.